The number of nitrogens with two attached hydrogens (primary N) is 1. The maximum atomic E-state index is 5.96. The summed E-state index contributed by atoms with van der Waals surface area (Å²) in [6, 6.07) is 8.14. The molecule has 0 saturated carbocycles. The van der Waals surface area contributed by atoms with Gasteiger partial charge in [0, 0.05) is 24.8 Å². The van der Waals surface area contributed by atoms with Crippen molar-refractivity contribution in [3.05, 3.63) is 41.2 Å². The third-order valence-corrected chi connectivity index (χ3v) is 3.39. The van der Waals surface area contributed by atoms with Crippen LogP contribution in [0, 0.1) is 6.92 Å². The fourth-order valence-electron chi connectivity index (χ4n) is 2.06. The van der Waals surface area contributed by atoms with E-state index in [1.54, 1.807) is 7.11 Å². The van der Waals surface area contributed by atoms with Crippen molar-refractivity contribution >= 4 is 17.3 Å². The number of benzene rings is 1. The van der Waals surface area contributed by atoms with Gasteiger partial charge in [-0.1, -0.05) is 25.1 Å². The fraction of sp³-hybridized carbons (Fsp3) is 0.375. The molecule has 0 spiro atoms. The second kappa shape index (κ2) is 7.04. The van der Waals surface area contributed by atoms with E-state index in [9.17, 15) is 0 Å². The Hall–Kier alpha value is -2.14. The monoisotopic (exact) mass is 286 g/mol. The molecule has 0 aliphatic rings. The van der Waals surface area contributed by atoms with E-state index in [4.69, 9.17) is 10.5 Å². The number of para-hydroxylation sites is 1. The molecule has 0 amide bonds. The van der Waals surface area contributed by atoms with Crippen LogP contribution in [0.15, 0.2) is 24.3 Å². The van der Waals surface area contributed by atoms with E-state index in [0.717, 1.165) is 35.7 Å². The lowest BCUT2D eigenvalue weighted by molar-refractivity contribution is 0.202. The van der Waals surface area contributed by atoms with Crippen molar-refractivity contribution in [2.45, 2.75) is 26.7 Å². The Kier molecular flexibility index (Phi) is 5.11. The van der Waals surface area contributed by atoms with E-state index in [-0.39, 0.29) is 0 Å². The van der Waals surface area contributed by atoms with E-state index < -0.39 is 0 Å². The third kappa shape index (κ3) is 3.70. The average Bonchev–Trinajstić information content (AvgIpc) is 2.50. The van der Waals surface area contributed by atoms with E-state index >= 15 is 0 Å². The van der Waals surface area contributed by atoms with Crippen LogP contribution >= 0.6 is 0 Å². The van der Waals surface area contributed by atoms with E-state index in [1.807, 2.05) is 32.0 Å². The van der Waals surface area contributed by atoms with Crippen LogP contribution in [0.4, 0.5) is 17.3 Å². The number of aryl methyl sites for hydroxylation is 1. The fourth-order valence-corrected chi connectivity index (χ4v) is 2.06. The van der Waals surface area contributed by atoms with Gasteiger partial charge in [-0.05, 0) is 25.0 Å². The maximum Gasteiger partial charge on any atom is 0.139 e. The number of hydrogen-bond donors (Lipinski definition) is 2. The van der Waals surface area contributed by atoms with E-state index in [1.165, 1.54) is 5.56 Å². The predicted molar refractivity (Wildman–Crippen MR) is 85.9 cm³/mol. The highest BCUT2D eigenvalue weighted by molar-refractivity contribution is 5.66. The van der Waals surface area contributed by atoms with Gasteiger partial charge in [0.2, 0.25) is 0 Å². The average molecular weight is 286 g/mol. The minimum absolute atomic E-state index is 0.527. The molecule has 21 heavy (non-hydrogen) atoms. The molecule has 5 nitrogen and oxygen atoms in total. The van der Waals surface area contributed by atoms with Gasteiger partial charge in [-0.3, -0.25) is 0 Å². The molecule has 1 aromatic carbocycles. The number of aromatic nitrogens is 2. The maximum absolute atomic E-state index is 5.96. The second-order valence-electron chi connectivity index (χ2n) is 4.88. The Labute approximate surface area is 125 Å². The number of rotatable bonds is 6. The van der Waals surface area contributed by atoms with Gasteiger partial charge in [0.25, 0.3) is 0 Å². The Bertz CT molecular complexity index is 613. The second-order valence-corrected chi connectivity index (χ2v) is 4.88. The summed E-state index contributed by atoms with van der Waals surface area (Å²) in [6.45, 7) is 4.62. The van der Waals surface area contributed by atoms with Crippen molar-refractivity contribution in [1.82, 2.24) is 9.97 Å². The zero-order valence-corrected chi connectivity index (χ0v) is 12.8. The molecule has 0 bridgehead atoms. The lowest BCUT2D eigenvalue weighted by atomic mass is 10.1. The minimum Gasteiger partial charge on any atom is -0.384 e. The normalized spacial score (nSPS) is 10.6. The predicted octanol–water partition coefficient (Wildman–Crippen LogP) is 2.86. The first kappa shape index (κ1) is 15.3. The molecule has 0 unspecified atom stereocenters. The molecule has 2 rings (SSSR count). The first-order valence-electron chi connectivity index (χ1n) is 7.12. The number of hydrogen-bond acceptors (Lipinski definition) is 5. The summed E-state index contributed by atoms with van der Waals surface area (Å²) in [5.74, 6) is 2.04. The minimum atomic E-state index is 0.527. The molecule has 2 aromatic rings. The number of ether oxygens (including phenoxy) is 1. The molecule has 0 fully saturated rings. The van der Waals surface area contributed by atoms with Crippen molar-refractivity contribution in [2.24, 2.45) is 0 Å². The molecule has 0 aliphatic carbocycles. The Morgan fingerprint density at radius 3 is 2.71 bits per heavy atom. The van der Waals surface area contributed by atoms with Crippen LogP contribution in [-0.4, -0.2) is 23.7 Å². The summed E-state index contributed by atoms with van der Waals surface area (Å²) in [6.07, 6.45) is 1.60. The van der Waals surface area contributed by atoms with Gasteiger partial charge in [-0.2, -0.15) is 0 Å². The van der Waals surface area contributed by atoms with Crippen LogP contribution in [0.2, 0.25) is 0 Å². The lowest BCUT2D eigenvalue weighted by Gasteiger charge is -2.14. The lowest BCUT2D eigenvalue weighted by Crippen LogP contribution is -2.08. The zero-order chi connectivity index (χ0) is 15.2. The van der Waals surface area contributed by atoms with Gasteiger partial charge in [-0.25, -0.2) is 9.97 Å². The first-order chi connectivity index (χ1) is 10.2. The SMILES string of the molecule is CCc1nc(N)c(C)c(Nc2ccccc2CCOC)n1. The van der Waals surface area contributed by atoms with Crippen molar-refractivity contribution < 1.29 is 4.74 Å². The van der Waals surface area contributed by atoms with Crippen LogP contribution in [0.3, 0.4) is 0 Å². The number of methoxy groups -OCH3 is 1. The van der Waals surface area contributed by atoms with Crippen LogP contribution < -0.4 is 11.1 Å². The summed E-state index contributed by atoms with van der Waals surface area (Å²) >= 11 is 0. The van der Waals surface area contributed by atoms with Crippen molar-refractivity contribution in [3.63, 3.8) is 0 Å². The van der Waals surface area contributed by atoms with Gasteiger partial charge in [0.15, 0.2) is 0 Å². The number of anilines is 3. The van der Waals surface area contributed by atoms with Crippen molar-refractivity contribution in [2.75, 3.05) is 24.8 Å². The van der Waals surface area contributed by atoms with E-state index in [0.29, 0.717) is 12.4 Å². The van der Waals surface area contributed by atoms with Crippen LogP contribution in [-0.2, 0) is 17.6 Å². The molecule has 0 saturated heterocycles. The Balaban J connectivity index is 2.32. The third-order valence-electron chi connectivity index (χ3n) is 3.39. The number of nitrogen functional groups attached to an aromatic ring is 1. The molecule has 0 atom stereocenters. The molecule has 3 N–H and O–H groups in total. The summed E-state index contributed by atoms with van der Waals surface area (Å²) in [5, 5.41) is 3.38. The van der Waals surface area contributed by atoms with Gasteiger partial charge < -0.3 is 15.8 Å². The van der Waals surface area contributed by atoms with Crippen molar-refractivity contribution in [3.8, 4) is 0 Å². The summed E-state index contributed by atoms with van der Waals surface area (Å²) in [5.41, 5.74) is 9.04. The number of nitrogens with one attached hydrogen (secondary N) is 1. The molecular weight excluding hydrogens is 264 g/mol. The highest BCUT2D eigenvalue weighted by Gasteiger charge is 2.10. The molecule has 0 aliphatic heterocycles. The molecule has 1 aromatic heterocycles. The summed E-state index contributed by atoms with van der Waals surface area (Å²) < 4.78 is 5.16. The quantitative estimate of drug-likeness (QED) is 0.854. The molecule has 112 valence electrons. The smallest absolute Gasteiger partial charge is 0.139 e. The molecule has 0 radical (unpaired) electrons. The molecule has 5 heteroatoms. The topological polar surface area (TPSA) is 73.1 Å². The molecule has 1 heterocycles. The Morgan fingerprint density at radius 2 is 2.00 bits per heavy atom. The highest BCUT2D eigenvalue weighted by Crippen LogP contribution is 2.24. The Morgan fingerprint density at radius 1 is 1.24 bits per heavy atom. The summed E-state index contributed by atoms with van der Waals surface area (Å²) in [7, 11) is 1.71. The van der Waals surface area contributed by atoms with Gasteiger partial charge in [-0.15, -0.1) is 0 Å². The zero-order valence-electron chi connectivity index (χ0n) is 12.8. The first-order valence-corrected chi connectivity index (χ1v) is 7.12. The van der Waals surface area contributed by atoms with Gasteiger partial charge in [0.1, 0.15) is 17.5 Å². The van der Waals surface area contributed by atoms with Gasteiger partial charge >= 0.3 is 0 Å². The van der Waals surface area contributed by atoms with Crippen LogP contribution in [0.25, 0.3) is 0 Å². The van der Waals surface area contributed by atoms with Crippen LogP contribution in [0.5, 0.6) is 0 Å². The van der Waals surface area contributed by atoms with E-state index in [2.05, 4.69) is 21.4 Å². The van der Waals surface area contributed by atoms with Crippen LogP contribution in [0.1, 0.15) is 23.9 Å². The van der Waals surface area contributed by atoms with Crippen molar-refractivity contribution in [1.29, 1.82) is 0 Å². The highest BCUT2D eigenvalue weighted by atomic mass is 16.5. The largest absolute Gasteiger partial charge is 0.384 e. The molecular formula is C16H22N4O. The number of nitrogens with zero attached hydrogens (tertiary/aromatic N) is 2. The van der Waals surface area contributed by atoms with Gasteiger partial charge in [0.05, 0.1) is 6.61 Å². The summed E-state index contributed by atoms with van der Waals surface area (Å²) in [4.78, 5) is 8.81. The standard InChI is InChI=1S/C16H22N4O/c1-4-14-19-15(17)11(2)16(20-14)18-13-8-6-5-7-12(13)9-10-21-3/h5-8H,4,9-10H2,1-3H3,(H3,17,18,19,20).